The van der Waals surface area contributed by atoms with Crippen LogP contribution in [-0.2, 0) is 9.59 Å². The first-order chi connectivity index (χ1) is 4.52. The van der Waals surface area contributed by atoms with Crippen molar-refractivity contribution in [1.29, 1.82) is 0 Å². The second kappa shape index (κ2) is 3.80. The summed E-state index contributed by atoms with van der Waals surface area (Å²) in [5.74, 6) is -2.60. The molecule has 0 aliphatic rings. The Kier molecular flexibility index (Phi) is 3.37. The van der Waals surface area contributed by atoms with Crippen molar-refractivity contribution in [3.63, 3.8) is 0 Å². The molecular formula is C4H7NO5. The van der Waals surface area contributed by atoms with Crippen molar-refractivity contribution in [2.75, 3.05) is 13.1 Å². The molecule has 0 rings (SSSR count). The summed E-state index contributed by atoms with van der Waals surface area (Å²) >= 11 is 0. The number of carbonyl (C=O) groups is 2. The van der Waals surface area contributed by atoms with Crippen LogP contribution in [0.2, 0.25) is 0 Å². The first-order valence-electron chi connectivity index (χ1n) is 2.47. The molecule has 6 heteroatoms. The van der Waals surface area contributed by atoms with Crippen molar-refractivity contribution < 1.29 is 24.9 Å². The van der Waals surface area contributed by atoms with Crippen LogP contribution in [0.25, 0.3) is 0 Å². The lowest BCUT2D eigenvalue weighted by molar-refractivity contribution is -0.831. The van der Waals surface area contributed by atoms with Gasteiger partial charge in [0.15, 0.2) is 13.1 Å². The van der Waals surface area contributed by atoms with Gasteiger partial charge in [-0.3, -0.25) is 0 Å². The topological polar surface area (TPSA) is 102 Å². The number of aliphatic carboxylic acids is 2. The third-order valence-electron chi connectivity index (χ3n) is 0.697. The third-order valence-corrected chi connectivity index (χ3v) is 0.697. The Morgan fingerprint density at radius 1 is 1.20 bits per heavy atom. The molecule has 0 unspecified atom stereocenters. The predicted molar refractivity (Wildman–Crippen MR) is 29.3 cm³/mol. The predicted octanol–water partition coefficient (Wildman–Crippen LogP) is -2.46. The Balaban J connectivity index is 3.53. The van der Waals surface area contributed by atoms with Crippen LogP contribution in [0.15, 0.2) is 0 Å². The van der Waals surface area contributed by atoms with E-state index in [0.29, 0.717) is 0 Å². The summed E-state index contributed by atoms with van der Waals surface area (Å²) in [5.41, 5.74) is 0. The van der Waals surface area contributed by atoms with Crippen LogP contribution in [0.5, 0.6) is 0 Å². The molecular weight excluding hydrogens is 142 g/mol. The maximum absolute atomic E-state index is 10.3. The zero-order valence-electron chi connectivity index (χ0n) is 5.03. The molecule has 58 valence electrons. The minimum absolute atomic E-state index is 0.716. The van der Waals surface area contributed by atoms with Gasteiger partial charge < -0.3 is 20.5 Å². The number of carboxylic acid groups (broad SMARTS) is 2. The van der Waals surface area contributed by atoms with E-state index < -0.39 is 30.1 Å². The van der Waals surface area contributed by atoms with Crippen LogP contribution in [0, 0.1) is 5.21 Å². The number of hydrogen-bond acceptors (Lipinski definition) is 3. The first-order valence-corrected chi connectivity index (χ1v) is 2.47. The maximum atomic E-state index is 10.3. The van der Waals surface area contributed by atoms with Crippen molar-refractivity contribution in [1.82, 2.24) is 0 Å². The maximum Gasteiger partial charge on any atom is 0.359 e. The highest BCUT2D eigenvalue weighted by Gasteiger charge is 2.07. The fraction of sp³-hybridized carbons (Fsp3) is 0.500. The van der Waals surface area contributed by atoms with E-state index in [1.54, 1.807) is 0 Å². The van der Waals surface area contributed by atoms with Gasteiger partial charge in [-0.1, -0.05) is 0 Å². The number of hydroxylamine groups is 2. The van der Waals surface area contributed by atoms with Gasteiger partial charge in [0, 0.05) is 0 Å². The van der Waals surface area contributed by atoms with Crippen molar-refractivity contribution in [3.05, 3.63) is 5.21 Å². The molecule has 0 amide bonds. The minimum atomic E-state index is -1.30. The molecule has 0 bridgehead atoms. The molecule has 0 heterocycles. The summed E-state index contributed by atoms with van der Waals surface area (Å²) in [6, 6.07) is 0. The third kappa shape index (κ3) is 5.01. The van der Waals surface area contributed by atoms with Crippen LogP contribution in [0.3, 0.4) is 0 Å². The summed E-state index contributed by atoms with van der Waals surface area (Å²) in [4.78, 5) is 19.6. The summed E-state index contributed by atoms with van der Waals surface area (Å²) < 4.78 is 0. The zero-order chi connectivity index (χ0) is 8.15. The smallest absolute Gasteiger partial charge is 0.359 e. The quantitative estimate of drug-likeness (QED) is 0.385. The van der Waals surface area contributed by atoms with Crippen LogP contribution in [0.4, 0.5) is 0 Å². The van der Waals surface area contributed by atoms with Gasteiger partial charge in [0.05, 0.1) is 0 Å². The number of carboxylic acids is 2. The average Bonchev–Trinajstić information content (AvgIpc) is 1.58. The van der Waals surface area contributed by atoms with Crippen molar-refractivity contribution in [3.8, 4) is 0 Å². The Morgan fingerprint density at radius 3 is 1.70 bits per heavy atom. The molecule has 0 aliphatic heterocycles. The molecule has 3 N–H and O–H groups in total. The molecule has 10 heavy (non-hydrogen) atoms. The average molecular weight is 149 g/mol. The largest absolute Gasteiger partial charge is 0.633 e. The van der Waals surface area contributed by atoms with E-state index in [9.17, 15) is 14.8 Å². The molecule has 0 aromatic heterocycles. The lowest BCUT2D eigenvalue weighted by Crippen LogP contribution is -3.09. The first kappa shape index (κ1) is 8.86. The molecule has 0 fully saturated rings. The molecule has 6 nitrogen and oxygen atoms in total. The molecule has 0 saturated carbocycles. The van der Waals surface area contributed by atoms with E-state index in [1.807, 2.05) is 0 Å². The van der Waals surface area contributed by atoms with Gasteiger partial charge in [-0.05, 0) is 0 Å². The fourth-order valence-electron chi connectivity index (χ4n) is 0.400. The van der Waals surface area contributed by atoms with Crippen LogP contribution >= 0.6 is 0 Å². The second-order valence-corrected chi connectivity index (χ2v) is 1.68. The van der Waals surface area contributed by atoms with Gasteiger partial charge in [-0.15, -0.1) is 0 Å². The van der Waals surface area contributed by atoms with E-state index in [-0.39, 0.29) is 0 Å². The van der Waals surface area contributed by atoms with Gasteiger partial charge in [0.2, 0.25) is 0 Å². The minimum Gasteiger partial charge on any atom is -0.633 e. The summed E-state index contributed by atoms with van der Waals surface area (Å²) in [7, 11) is 0. The number of nitrogens with one attached hydrogen (secondary N) is 1. The molecule has 0 atom stereocenters. The lowest BCUT2D eigenvalue weighted by atomic mass is 10.6. The van der Waals surface area contributed by atoms with Crippen molar-refractivity contribution in [2.45, 2.75) is 0 Å². The highest BCUT2D eigenvalue weighted by Crippen LogP contribution is 1.54. The van der Waals surface area contributed by atoms with Gasteiger partial charge in [-0.25, -0.2) is 9.59 Å². The van der Waals surface area contributed by atoms with E-state index >= 15 is 0 Å². The monoisotopic (exact) mass is 149 g/mol. The van der Waals surface area contributed by atoms with E-state index in [1.165, 1.54) is 0 Å². The van der Waals surface area contributed by atoms with Crippen LogP contribution < -0.4 is 5.06 Å². The summed E-state index contributed by atoms with van der Waals surface area (Å²) in [6.07, 6.45) is 0. The molecule has 0 spiro atoms. The fourth-order valence-corrected chi connectivity index (χ4v) is 0.400. The van der Waals surface area contributed by atoms with E-state index in [0.717, 1.165) is 0 Å². The van der Waals surface area contributed by atoms with Crippen molar-refractivity contribution >= 4 is 11.9 Å². The molecule has 0 radical (unpaired) electrons. The number of hydrogen-bond donors (Lipinski definition) is 3. The SMILES string of the molecule is O=C(O)C[NH+]([O-])CC(=O)O. The van der Waals surface area contributed by atoms with E-state index in [4.69, 9.17) is 10.2 Å². The molecule has 0 saturated heterocycles. The molecule has 0 aliphatic carbocycles. The van der Waals surface area contributed by atoms with Gasteiger partial charge >= 0.3 is 11.9 Å². The Morgan fingerprint density at radius 2 is 1.50 bits per heavy atom. The van der Waals surface area contributed by atoms with Gasteiger partial charge in [-0.2, -0.15) is 0 Å². The molecule has 0 aromatic carbocycles. The van der Waals surface area contributed by atoms with Crippen LogP contribution in [0.1, 0.15) is 0 Å². The lowest BCUT2D eigenvalue weighted by Gasteiger charge is -2.16. The number of quaternary nitrogens is 1. The molecule has 0 aromatic rings. The highest BCUT2D eigenvalue weighted by molar-refractivity contribution is 5.69. The summed E-state index contributed by atoms with van der Waals surface area (Å²) in [6.45, 7) is -1.43. The summed E-state index contributed by atoms with van der Waals surface area (Å²) in [5, 5.41) is 25.5. The van der Waals surface area contributed by atoms with Crippen LogP contribution in [-0.4, -0.2) is 35.2 Å². The normalized spacial score (nSPS) is 9.80. The van der Waals surface area contributed by atoms with Gasteiger partial charge in [0.1, 0.15) is 0 Å². The standard InChI is InChI=1S/C4H7NO5/c6-3(7)1-5(10)2-4(8)9/h5H,1-2H2,(H,6,7)(H,8,9). The van der Waals surface area contributed by atoms with E-state index in [2.05, 4.69) is 0 Å². The Hall–Kier alpha value is -1.14. The Labute approximate surface area is 56.3 Å². The number of rotatable bonds is 4. The Bertz CT molecular complexity index is 129. The van der Waals surface area contributed by atoms with Crippen molar-refractivity contribution in [2.24, 2.45) is 0 Å². The zero-order valence-corrected chi connectivity index (χ0v) is 5.03. The second-order valence-electron chi connectivity index (χ2n) is 1.68. The van der Waals surface area contributed by atoms with Gasteiger partial charge in [0.25, 0.3) is 0 Å². The highest BCUT2D eigenvalue weighted by atomic mass is 16.5.